The first-order valence-corrected chi connectivity index (χ1v) is 6.66. The minimum absolute atomic E-state index is 0. The van der Waals surface area contributed by atoms with Crippen molar-refractivity contribution >= 4 is 22.4 Å². The molecule has 0 saturated heterocycles. The smallest absolute Gasteiger partial charge is 0.241 e. The molecule has 0 spiro atoms. The maximum atomic E-state index is 13.1. The fourth-order valence-electron chi connectivity index (χ4n) is 1.25. The van der Waals surface area contributed by atoms with Gasteiger partial charge < -0.3 is 5.73 Å². The summed E-state index contributed by atoms with van der Waals surface area (Å²) >= 11 is 0. The molecule has 104 valence electrons. The number of hydrogen-bond acceptors (Lipinski definition) is 3. The van der Waals surface area contributed by atoms with E-state index >= 15 is 0 Å². The third-order valence-electron chi connectivity index (χ3n) is 2.36. The maximum Gasteiger partial charge on any atom is 0.241 e. The summed E-state index contributed by atoms with van der Waals surface area (Å²) in [6, 6.07) is 3.67. The van der Waals surface area contributed by atoms with Crippen LogP contribution in [0.2, 0.25) is 0 Å². The first-order valence-electron chi connectivity index (χ1n) is 5.18. The molecule has 0 aliphatic rings. The average molecular weight is 297 g/mol. The van der Waals surface area contributed by atoms with Crippen LogP contribution in [0, 0.1) is 12.7 Å². The first-order chi connectivity index (χ1) is 7.68. The Morgan fingerprint density at radius 1 is 1.39 bits per heavy atom. The van der Waals surface area contributed by atoms with Gasteiger partial charge in [0.1, 0.15) is 5.82 Å². The zero-order chi connectivity index (χ0) is 13.3. The molecule has 1 aromatic rings. The number of nitrogens with one attached hydrogen (secondary N) is 1. The molecule has 0 aliphatic carbocycles. The van der Waals surface area contributed by atoms with Crippen LogP contribution in [0.4, 0.5) is 4.39 Å². The summed E-state index contributed by atoms with van der Waals surface area (Å²) in [6.45, 7) is 5.05. The van der Waals surface area contributed by atoms with Gasteiger partial charge in [-0.05, 0) is 44.5 Å². The van der Waals surface area contributed by atoms with E-state index < -0.39 is 21.4 Å². The van der Waals surface area contributed by atoms with Gasteiger partial charge in [0.25, 0.3) is 0 Å². The molecule has 0 heterocycles. The molecule has 0 atom stereocenters. The molecule has 0 amide bonds. The fourth-order valence-corrected chi connectivity index (χ4v) is 2.76. The number of rotatable bonds is 4. The van der Waals surface area contributed by atoms with Gasteiger partial charge in [0, 0.05) is 12.1 Å². The second kappa shape index (κ2) is 5.97. The number of nitrogens with two attached hydrogens (primary N) is 1. The van der Waals surface area contributed by atoms with Gasteiger partial charge in [0.05, 0.1) is 4.90 Å². The Morgan fingerprint density at radius 2 is 1.94 bits per heavy atom. The van der Waals surface area contributed by atoms with Crippen molar-refractivity contribution in [2.24, 2.45) is 5.73 Å². The summed E-state index contributed by atoms with van der Waals surface area (Å²) in [5, 5.41) is 0. The predicted octanol–water partition coefficient (Wildman–Crippen LogP) is 1.57. The number of aryl methyl sites for hydroxylation is 1. The van der Waals surface area contributed by atoms with Gasteiger partial charge in [0.15, 0.2) is 0 Å². The highest BCUT2D eigenvalue weighted by Gasteiger charge is 2.25. The highest BCUT2D eigenvalue weighted by Crippen LogP contribution is 2.16. The lowest BCUT2D eigenvalue weighted by Crippen LogP contribution is -2.48. The minimum Gasteiger partial charge on any atom is -0.329 e. The number of halogens is 2. The minimum atomic E-state index is -3.67. The quantitative estimate of drug-likeness (QED) is 0.886. The van der Waals surface area contributed by atoms with Crippen molar-refractivity contribution in [2.45, 2.75) is 31.2 Å². The van der Waals surface area contributed by atoms with E-state index in [9.17, 15) is 12.8 Å². The van der Waals surface area contributed by atoms with Gasteiger partial charge in [-0.25, -0.2) is 17.5 Å². The summed E-state index contributed by atoms with van der Waals surface area (Å²) in [5.74, 6) is -0.429. The van der Waals surface area contributed by atoms with E-state index in [2.05, 4.69) is 4.72 Å². The molecule has 7 heteroatoms. The molecule has 1 aromatic carbocycles. The second-order valence-corrected chi connectivity index (χ2v) is 6.29. The second-order valence-electron chi connectivity index (χ2n) is 4.60. The molecule has 0 aromatic heterocycles. The molecule has 0 fully saturated rings. The van der Waals surface area contributed by atoms with E-state index in [0.29, 0.717) is 5.56 Å². The van der Waals surface area contributed by atoms with Crippen LogP contribution >= 0.6 is 12.4 Å². The summed E-state index contributed by atoms with van der Waals surface area (Å²) in [4.78, 5) is 0.0397. The Morgan fingerprint density at radius 3 is 2.39 bits per heavy atom. The van der Waals surface area contributed by atoms with E-state index in [1.807, 2.05) is 0 Å². The van der Waals surface area contributed by atoms with E-state index in [4.69, 9.17) is 5.73 Å². The monoisotopic (exact) mass is 296 g/mol. The highest BCUT2D eigenvalue weighted by molar-refractivity contribution is 7.89. The molecule has 4 nitrogen and oxygen atoms in total. The van der Waals surface area contributed by atoms with Crippen LogP contribution in [0.5, 0.6) is 0 Å². The van der Waals surface area contributed by atoms with Crippen molar-refractivity contribution < 1.29 is 12.8 Å². The van der Waals surface area contributed by atoms with Crippen LogP contribution in [-0.4, -0.2) is 20.5 Å². The van der Waals surface area contributed by atoms with Crippen molar-refractivity contribution in [3.63, 3.8) is 0 Å². The van der Waals surface area contributed by atoms with Crippen molar-refractivity contribution in [3.8, 4) is 0 Å². The average Bonchev–Trinajstić information content (AvgIpc) is 2.20. The SMILES string of the molecule is Cc1cc(S(=O)(=O)NC(C)(C)CN)ccc1F.Cl. The Balaban J connectivity index is 0.00000289. The number of benzene rings is 1. The first kappa shape index (κ1) is 17.3. The normalized spacial score (nSPS) is 12.1. The van der Waals surface area contributed by atoms with E-state index in [1.54, 1.807) is 13.8 Å². The third kappa shape index (κ3) is 4.20. The van der Waals surface area contributed by atoms with Crippen molar-refractivity contribution in [3.05, 3.63) is 29.6 Å². The lowest BCUT2D eigenvalue weighted by Gasteiger charge is -2.23. The zero-order valence-electron chi connectivity index (χ0n) is 10.5. The standard InChI is InChI=1S/C11H17FN2O2S.ClH/c1-8-6-9(4-5-10(8)12)17(15,16)14-11(2,3)7-13;/h4-6,14H,7,13H2,1-3H3;1H. The van der Waals surface area contributed by atoms with Crippen LogP contribution in [0.3, 0.4) is 0 Å². The Kier molecular flexibility index (Phi) is 5.74. The highest BCUT2D eigenvalue weighted by atomic mass is 35.5. The maximum absolute atomic E-state index is 13.1. The lowest BCUT2D eigenvalue weighted by atomic mass is 10.1. The molecule has 18 heavy (non-hydrogen) atoms. The van der Waals surface area contributed by atoms with Crippen LogP contribution in [0.1, 0.15) is 19.4 Å². The molecule has 0 saturated carbocycles. The number of sulfonamides is 1. The van der Waals surface area contributed by atoms with Gasteiger partial charge in [-0.2, -0.15) is 0 Å². The van der Waals surface area contributed by atoms with Gasteiger partial charge >= 0.3 is 0 Å². The Bertz CT molecular complexity index is 518. The number of hydrogen-bond donors (Lipinski definition) is 2. The topological polar surface area (TPSA) is 72.2 Å². The summed E-state index contributed by atoms with van der Waals surface area (Å²) in [5.41, 5.74) is 5.01. The largest absolute Gasteiger partial charge is 0.329 e. The van der Waals surface area contributed by atoms with Crippen LogP contribution in [-0.2, 0) is 10.0 Å². The van der Waals surface area contributed by atoms with Crippen LogP contribution in [0.25, 0.3) is 0 Å². The van der Waals surface area contributed by atoms with Gasteiger partial charge in [-0.15, -0.1) is 12.4 Å². The van der Waals surface area contributed by atoms with Gasteiger partial charge in [0.2, 0.25) is 10.0 Å². The summed E-state index contributed by atoms with van der Waals surface area (Å²) in [6.07, 6.45) is 0. The van der Waals surface area contributed by atoms with Crippen molar-refractivity contribution in [1.29, 1.82) is 0 Å². The molecule has 1 rings (SSSR count). The zero-order valence-corrected chi connectivity index (χ0v) is 12.2. The Hall–Kier alpha value is -0.690. The molecule has 0 radical (unpaired) electrons. The van der Waals surface area contributed by atoms with Crippen molar-refractivity contribution in [2.75, 3.05) is 6.54 Å². The van der Waals surface area contributed by atoms with E-state index in [1.165, 1.54) is 19.1 Å². The predicted molar refractivity (Wildman–Crippen MR) is 71.8 cm³/mol. The summed E-state index contributed by atoms with van der Waals surface area (Å²) in [7, 11) is -3.67. The van der Waals surface area contributed by atoms with Crippen molar-refractivity contribution in [1.82, 2.24) is 4.72 Å². The molecule has 0 bridgehead atoms. The van der Waals surface area contributed by atoms with E-state index in [0.717, 1.165) is 6.07 Å². The van der Waals surface area contributed by atoms with E-state index in [-0.39, 0.29) is 23.8 Å². The molecule has 0 aliphatic heterocycles. The third-order valence-corrected chi connectivity index (χ3v) is 4.06. The summed E-state index contributed by atoms with van der Waals surface area (Å²) < 4.78 is 39.5. The van der Waals surface area contributed by atoms with Crippen LogP contribution < -0.4 is 10.5 Å². The fraction of sp³-hybridized carbons (Fsp3) is 0.455. The van der Waals surface area contributed by atoms with Gasteiger partial charge in [-0.1, -0.05) is 0 Å². The molecule has 3 N–H and O–H groups in total. The Labute approximate surface area is 113 Å². The lowest BCUT2D eigenvalue weighted by molar-refractivity contribution is 0.462. The molecule has 0 unspecified atom stereocenters. The molecular weight excluding hydrogens is 279 g/mol. The van der Waals surface area contributed by atoms with Crippen LogP contribution in [0.15, 0.2) is 23.1 Å². The molecular formula is C11H18ClFN2O2S. The van der Waals surface area contributed by atoms with Gasteiger partial charge in [-0.3, -0.25) is 0 Å².